The van der Waals surface area contributed by atoms with Gasteiger partial charge in [-0.3, -0.25) is 14.9 Å². The summed E-state index contributed by atoms with van der Waals surface area (Å²) in [5.41, 5.74) is 6.14. The van der Waals surface area contributed by atoms with Crippen molar-refractivity contribution in [2.45, 2.75) is 39.4 Å². The Kier molecular flexibility index (Phi) is 6.45. The van der Waals surface area contributed by atoms with E-state index in [-0.39, 0.29) is 6.61 Å². The molecule has 1 aliphatic rings. The Bertz CT molecular complexity index is 921. The van der Waals surface area contributed by atoms with Crippen LogP contribution in [-0.2, 0) is 13.1 Å². The molecule has 154 valence electrons. The number of hydrogen-bond acceptors (Lipinski definition) is 5. The molecule has 0 saturated carbocycles. The Morgan fingerprint density at radius 1 is 1.21 bits per heavy atom. The molecule has 6 heteroatoms. The fourth-order valence-corrected chi connectivity index (χ4v) is 4.97. The van der Waals surface area contributed by atoms with Crippen LogP contribution in [0.5, 0.6) is 0 Å². The Morgan fingerprint density at radius 2 is 2.10 bits per heavy atom. The van der Waals surface area contributed by atoms with Crippen molar-refractivity contribution in [2.24, 2.45) is 0 Å². The van der Waals surface area contributed by atoms with Gasteiger partial charge in [-0.1, -0.05) is 23.8 Å². The minimum Gasteiger partial charge on any atom is -0.396 e. The molecule has 29 heavy (non-hydrogen) atoms. The lowest BCUT2D eigenvalue weighted by Gasteiger charge is -2.41. The number of aromatic amines is 1. The van der Waals surface area contributed by atoms with Crippen LogP contribution in [0.25, 0.3) is 11.3 Å². The molecule has 5 nitrogen and oxygen atoms in total. The second kappa shape index (κ2) is 9.22. The van der Waals surface area contributed by atoms with Crippen molar-refractivity contribution in [1.82, 2.24) is 20.0 Å². The highest BCUT2D eigenvalue weighted by atomic mass is 32.1. The number of thiophene rings is 1. The highest BCUT2D eigenvalue weighted by molar-refractivity contribution is 7.09. The van der Waals surface area contributed by atoms with Gasteiger partial charge in [0.25, 0.3) is 0 Å². The van der Waals surface area contributed by atoms with Crippen molar-refractivity contribution in [2.75, 3.05) is 26.2 Å². The summed E-state index contributed by atoms with van der Waals surface area (Å²) in [4.78, 5) is 6.43. The fraction of sp³-hybridized carbons (Fsp3) is 0.435. The van der Waals surface area contributed by atoms with Gasteiger partial charge < -0.3 is 5.11 Å². The van der Waals surface area contributed by atoms with Gasteiger partial charge in [0.05, 0.1) is 11.9 Å². The first-order valence-corrected chi connectivity index (χ1v) is 11.2. The monoisotopic (exact) mass is 410 g/mol. The van der Waals surface area contributed by atoms with Crippen molar-refractivity contribution in [3.63, 3.8) is 0 Å². The summed E-state index contributed by atoms with van der Waals surface area (Å²) < 4.78 is 0. The molecule has 2 N–H and O–H groups in total. The Labute approximate surface area is 177 Å². The van der Waals surface area contributed by atoms with Crippen LogP contribution in [0, 0.1) is 13.8 Å². The van der Waals surface area contributed by atoms with E-state index < -0.39 is 0 Å². The molecule has 0 amide bonds. The quantitative estimate of drug-likeness (QED) is 0.622. The van der Waals surface area contributed by atoms with E-state index in [0.29, 0.717) is 6.04 Å². The maximum Gasteiger partial charge on any atom is 0.0698 e. The third-order valence-corrected chi connectivity index (χ3v) is 6.73. The number of nitrogens with zero attached hydrogens (tertiary/aromatic N) is 3. The van der Waals surface area contributed by atoms with Gasteiger partial charge in [0.2, 0.25) is 0 Å². The predicted molar refractivity (Wildman–Crippen MR) is 119 cm³/mol. The van der Waals surface area contributed by atoms with Gasteiger partial charge in [-0.05, 0) is 43.3 Å². The zero-order chi connectivity index (χ0) is 20.2. The van der Waals surface area contributed by atoms with Crippen LogP contribution < -0.4 is 0 Å². The lowest BCUT2D eigenvalue weighted by Crippen LogP contribution is -2.52. The second-order valence-corrected chi connectivity index (χ2v) is 9.07. The summed E-state index contributed by atoms with van der Waals surface area (Å²) in [5.74, 6) is 0. The fourth-order valence-electron chi connectivity index (χ4n) is 4.24. The average molecular weight is 411 g/mol. The minimum atomic E-state index is 0.235. The minimum absolute atomic E-state index is 0.235. The number of nitrogens with one attached hydrogen (secondary N) is 1. The summed E-state index contributed by atoms with van der Waals surface area (Å²) in [7, 11) is 0. The molecule has 1 saturated heterocycles. The first-order valence-electron chi connectivity index (χ1n) is 10.3. The van der Waals surface area contributed by atoms with Crippen LogP contribution in [-0.4, -0.2) is 57.4 Å². The molecule has 1 unspecified atom stereocenters. The van der Waals surface area contributed by atoms with Crippen molar-refractivity contribution >= 4 is 11.3 Å². The number of H-pyrrole nitrogens is 1. The van der Waals surface area contributed by atoms with Gasteiger partial charge in [0.1, 0.15) is 0 Å². The molecule has 3 aromatic rings. The smallest absolute Gasteiger partial charge is 0.0698 e. The molecule has 1 aromatic carbocycles. The molecule has 3 heterocycles. The highest BCUT2D eigenvalue weighted by Gasteiger charge is 2.27. The Morgan fingerprint density at radius 3 is 2.90 bits per heavy atom. The molecule has 4 rings (SSSR count). The van der Waals surface area contributed by atoms with Crippen molar-refractivity contribution < 1.29 is 5.11 Å². The van der Waals surface area contributed by atoms with Crippen LogP contribution in [0.1, 0.15) is 28.0 Å². The summed E-state index contributed by atoms with van der Waals surface area (Å²) in [5, 5.41) is 19.3. The third kappa shape index (κ3) is 4.78. The van der Waals surface area contributed by atoms with Gasteiger partial charge in [0.15, 0.2) is 0 Å². The number of aryl methyl sites for hydroxylation is 2. The molecule has 1 aliphatic heterocycles. The molecular weight excluding hydrogens is 380 g/mol. The number of hydrogen-bond donors (Lipinski definition) is 2. The predicted octanol–water partition coefficient (Wildman–Crippen LogP) is 3.82. The van der Waals surface area contributed by atoms with Crippen molar-refractivity contribution in [3.05, 3.63) is 63.5 Å². The lowest BCUT2D eigenvalue weighted by atomic mass is 10.00. The number of benzene rings is 1. The van der Waals surface area contributed by atoms with Crippen molar-refractivity contribution in [1.29, 1.82) is 0 Å². The van der Waals surface area contributed by atoms with Crippen LogP contribution in [0.2, 0.25) is 0 Å². The second-order valence-electron chi connectivity index (χ2n) is 8.04. The van der Waals surface area contributed by atoms with Crippen LogP contribution in [0.15, 0.2) is 41.9 Å². The number of aromatic nitrogens is 2. The molecule has 1 fully saturated rings. The largest absolute Gasteiger partial charge is 0.396 e. The van der Waals surface area contributed by atoms with Gasteiger partial charge in [-0.25, -0.2) is 0 Å². The molecule has 2 aromatic heterocycles. The van der Waals surface area contributed by atoms with Crippen LogP contribution in [0.4, 0.5) is 0 Å². The van der Waals surface area contributed by atoms with Gasteiger partial charge in [-0.2, -0.15) is 5.10 Å². The normalized spacial score (nSPS) is 18.4. The Balaban J connectivity index is 1.47. The van der Waals surface area contributed by atoms with Gasteiger partial charge in [0, 0.05) is 61.4 Å². The highest BCUT2D eigenvalue weighted by Crippen LogP contribution is 2.28. The molecule has 1 atom stereocenters. The van der Waals surface area contributed by atoms with Crippen LogP contribution >= 0.6 is 11.3 Å². The summed E-state index contributed by atoms with van der Waals surface area (Å²) >= 11 is 1.81. The number of piperazine rings is 1. The maximum absolute atomic E-state index is 9.60. The van der Waals surface area contributed by atoms with E-state index in [1.807, 2.05) is 17.5 Å². The zero-order valence-corrected chi connectivity index (χ0v) is 18.1. The van der Waals surface area contributed by atoms with E-state index >= 15 is 0 Å². The van der Waals surface area contributed by atoms with E-state index in [4.69, 9.17) is 0 Å². The lowest BCUT2D eigenvalue weighted by molar-refractivity contribution is 0.0507. The van der Waals surface area contributed by atoms with Gasteiger partial charge in [-0.15, -0.1) is 11.3 Å². The van der Waals surface area contributed by atoms with Crippen molar-refractivity contribution in [3.8, 4) is 11.3 Å². The number of rotatable bonds is 7. The summed E-state index contributed by atoms with van der Waals surface area (Å²) in [6, 6.07) is 11.3. The summed E-state index contributed by atoms with van der Waals surface area (Å²) in [6.45, 7) is 9.42. The van der Waals surface area contributed by atoms with E-state index in [9.17, 15) is 5.11 Å². The average Bonchev–Trinajstić information content (AvgIpc) is 3.38. The molecule has 0 spiro atoms. The SMILES string of the molecule is Cc1ccc(C)c(-c2[nH]ncc2CN2CCN(Cc3cccs3)C(CCO)C2)c1. The first-order chi connectivity index (χ1) is 14.1. The maximum atomic E-state index is 9.60. The topological polar surface area (TPSA) is 55.4 Å². The third-order valence-electron chi connectivity index (χ3n) is 5.86. The van der Waals surface area contributed by atoms with E-state index in [0.717, 1.165) is 44.8 Å². The zero-order valence-electron chi connectivity index (χ0n) is 17.3. The van der Waals surface area contributed by atoms with E-state index in [1.54, 1.807) is 0 Å². The molecule has 0 aliphatic carbocycles. The van der Waals surface area contributed by atoms with Gasteiger partial charge >= 0.3 is 0 Å². The van der Waals surface area contributed by atoms with E-state index in [2.05, 4.69) is 69.6 Å². The molecule has 0 radical (unpaired) electrons. The Hall–Kier alpha value is -1.99. The number of aliphatic hydroxyl groups excluding tert-OH is 1. The first kappa shape index (κ1) is 20.3. The van der Waals surface area contributed by atoms with Crippen LogP contribution in [0.3, 0.4) is 0 Å². The molecular formula is C23H30N4OS. The van der Waals surface area contributed by atoms with E-state index in [1.165, 1.54) is 27.1 Å². The number of aliphatic hydroxyl groups is 1. The summed E-state index contributed by atoms with van der Waals surface area (Å²) in [6.07, 6.45) is 2.79. The standard InChI is InChI=1S/C23H30N4OS/c1-17-5-6-18(2)22(12-17)23-19(13-24-25-23)14-26-8-9-27(20(15-26)7-10-28)16-21-4-3-11-29-21/h3-6,11-13,20,28H,7-10,14-16H2,1-2H3,(H,24,25). The molecule has 0 bridgehead atoms.